The summed E-state index contributed by atoms with van der Waals surface area (Å²) >= 11 is 5.77. The number of carbonyl (C=O) groups excluding carboxylic acids is 4. The van der Waals surface area contributed by atoms with E-state index in [1.807, 2.05) is 59.2 Å². The summed E-state index contributed by atoms with van der Waals surface area (Å²) in [7, 11) is -1.00. The Hall–Kier alpha value is -7.34. The average Bonchev–Trinajstić information content (AvgIpc) is 4.12. The Labute approximate surface area is 387 Å². The van der Waals surface area contributed by atoms with Crippen LogP contribution in [0.1, 0.15) is 40.2 Å². The van der Waals surface area contributed by atoms with E-state index in [4.69, 9.17) is 33.9 Å². The van der Waals surface area contributed by atoms with Crippen molar-refractivity contribution in [2.24, 2.45) is 10.7 Å². The van der Waals surface area contributed by atoms with Crippen LogP contribution in [0.25, 0.3) is 22.3 Å². The van der Waals surface area contributed by atoms with Crippen LogP contribution in [0.3, 0.4) is 0 Å². The number of cyclic esters (lactones) is 2. The number of halogens is 4. The van der Waals surface area contributed by atoms with E-state index >= 15 is 0 Å². The number of hydrogen-bond acceptors (Lipinski definition) is 10. The minimum atomic E-state index is -1.00. The predicted octanol–water partition coefficient (Wildman–Crippen LogP) is 7.96. The molecule has 4 aromatic carbocycles. The molecule has 4 amide bonds. The van der Waals surface area contributed by atoms with Gasteiger partial charge in [0.05, 0.1) is 52.6 Å². The molecule has 0 radical (unpaired) electrons. The van der Waals surface area contributed by atoms with Crippen molar-refractivity contribution in [3.05, 3.63) is 132 Å². The number of rotatable bonds is 11. The van der Waals surface area contributed by atoms with Gasteiger partial charge in [-0.15, -0.1) is 11.6 Å². The van der Waals surface area contributed by atoms with Gasteiger partial charge in [-0.05, 0) is 58.7 Å². The van der Waals surface area contributed by atoms with E-state index in [1.54, 1.807) is 42.9 Å². The van der Waals surface area contributed by atoms with Crippen molar-refractivity contribution in [2.75, 3.05) is 48.9 Å². The Morgan fingerprint density at radius 2 is 1.27 bits per heavy atom. The molecule has 0 bridgehead atoms. The van der Waals surface area contributed by atoms with E-state index in [0.29, 0.717) is 40.9 Å². The number of nitrogens with one attached hydrogen (secondary N) is 2. The molecule has 0 aliphatic carbocycles. The Morgan fingerprint density at radius 1 is 0.803 bits per heavy atom. The van der Waals surface area contributed by atoms with Crippen molar-refractivity contribution in [1.29, 1.82) is 0 Å². The van der Waals surface area contributed by atoms with Crippen LogP contribution in [0, 0.1) is 11.6 Å². The summed E-state index contributed by atoms with van der Waals surface area (Å²) in [5.41, 5.74) is 16.1. The number of imidazole rings is 1. The number of carbonyl (C=O) groups is 4. The average molecular weight is 933 g/mol. The fraction of sp³-hybridized carbons (Fsp3) is 0.277. The van der Waals surface area contributed by atoms with Gasteiger partial charge in [0, 0.05) is 55.9 Å². The van der Waals surface area contributed by atoms with Gasteiger partial charge in [0.15, 0.2) is 5.95 Å². The van der Waals surface area contributed by atoms with Gasteiger partial charge in [0.2, 0.25) is 11.8 Å². The van der Waals surface area contributed by atoms with Crippen molar-refractivity contribution in [3.63, 3.8) is 0 Å². The summed E-state index contributed by atoms with van der Waals surface area (Å²) in [6.45, 7) is 4.29. The molecule has 1 aromatic heterocycles. The van der Waals surface area contributed by atoms with Crippen molar-refractivity contribution < 1.29 is 43.2 Å². The summed E-state index contributed by atoms with van der Waals surface area (Å²) in [5, 5.41) is 5.22. The third kappa shape index (κ3) is 14.1. The fourth-order valence-electron chi connectivity index (χ4n) is 6.61. The first kappa shape index (κ1) is 49.7. The first-order chi connectivity index (χ1) is 31.7. The van der Waals surface area contributed by atoms with Crippen LogP contribution < -0.4 is 31.9 Å². The lowest BCUT2D eigenvalue weighted by molar-refractivity contribution is -0.120. The van der Waals surface area contributed by atoms with E-state index in [9.17, 15) is 32.3 Å². The van der Waals surface area contributed by atoms with Gasteiger partial charge in [0.25, 0.3) is 0 Å². The maximum Gasteiger partial charge on any atom is 0.414 e. The normalized spacial score (nSPS) is 15.8. The van der Waals surface area contributed by atoms with Crippen LogP contribution in [0.2, 0.25) is 0 Å². The molecule has 6 N–H and O–H groups in total. The predicted molar refractivity (Wildman–Crippen MR) is 251 cm³/mol. The van der Waals surface area contributed by atoms with Crippen LogP contribution in [0.15, 0.2) is 115 Å². The minimum absolute atomic E-state index is 0. The van der Waals surface area contributed by atoms with Crippen molar-refractivity contribution in [2.45, 2.75) is 52.3 Å². The summed E-state index contributed by atoms with van der Waals surface area (Å²) in [4.78, 5) is 56.6. The number of alkyl halides is 2. The summed E-state index contributed by atoms with van der Waals surface area (Å²) < 4.78 is 57.2. The number of amides is 4. The lowest BCUT2D eigenvalue weighted by Gasteiger charge is -2.15. The zero-order valence-electron chi connectivity index (χ0n) is 36.6. The smallest absolute Gasteiger partial charge is 0.414 e. The summed E-state index contributed by atoms with van der Waals surface area (Å²) in [6, 6.07) is 24.1. The van der Waals surface area contributed by atoms with Crippen molar-refractivity contribution in [1.82, 2.24) is 20.2 Å². The van der Waals surface area contributed by atoms with E-state index in [-0.39, 0.29) is 45.4 Å². The first-order valence-corrected chi connectivity index (χ1v) is 20.6. The summed E-state index contributed by atoms with van der Waals surface area (Å²) in [6.07, 6.45) is 5.85. The highest BCUT2D eigenvalue weighted by Gasteiger charge is 2.34. The second-order valence-corrected chi connectivity index (χ2v) is 14.9. The number of amidine groups is 1. The SMILES string of the molecule is C.CC(=O)NC[C@H]1CN(c2ccc(-c3ccc(CCl)cc3)c(F)c2)C(=O)O1.CC(=O)NC[C@H]1CN(c2ccc(-c3ccc(Cn4ccnc4N)cc3)c(F)c2)C(=O)O1.NC1=NC=CC1.[2H]CF. The highest BCUT2D eigenvalue weighted by Crippen LogP contribution is 2.31. The molecular formula is C47H53ClF3N9O6. The quantitative estimate of drug-likeness (QED) is 0.0949. The maximum atomic E-state index is 14.9. The molecule has 0 spiro atoms. The van der Waals surface area contributed by atoms with Crippen molar-refractivity contribution >= 4 is 58.8 Å². The number of hydrogen-bond donors (Lipinski definition) is 4. The minimum Gasteiger partial charge on any atom is -0.442 e. The molecule has 2 fully saturated rings. The largest absolute Gasteiger partial charge is 0.442 e. The maximum absolute atomic E-state index is 14.9. The number of aromatic nitrogens is 2. The van der Waals surface area contributed by atoms with Crippen LogP contribution >= 0.6 is 11.6 Å². The van der Waals surface area contributed by atoms with Crippen LogP contribution in [0.5, 0.6) is 0 Å². The molecule has 19 heteroatoms. The zero-order valence-corrected chi connectivity index (χ0v) is 36.3. The van der Waals surface area contributed by atoms with E-state index in [2.05, 4.69) is 20.6 Å². The van der Waals surface area contributed by atoms with Gasteiger partial charge in [-0.2, -0.15) is 0 Å². The Kier molecular flexibility index (Phi) is 18.6. The molecule has 3 aliphatic heterocycles. The molecule has 3 aliphatic rings. The van der Waals surface area contributed by atoms with Gasteiger partial charge in [-0.3, -0.25) is 23.8 Å². The molecular weight excluding hydrogens is 879 g/mol. The third-order valence-electron chi connectivity index (χ3n) is 9.89. The van der Waals surface area contributed by atoms with Crippen LogP contribution in [-0.4, -0.2) is 84.9 Å². The molecule has 0 unspecified atom stereocenters. The number of nitrogen functional groups attached to an aromatic ring is 1. The second kappa shape index (κ2) is 24.6. The third-order valence-corrected chi connectivity index (χ3v) is 10.2. The van der Waals surface area contributed by atoms with Gasteiger partial charge in [-0.25, -0.2) is 28.3 Å². The van der Waals surface area contributed by atoms with E-state index in [1.165, 1.54) is 35.8 Å². The number of nitrogens with two attached hydrogens (primary N) is 2. The van der Waals surface area contributed by atoms with E-state index < -0.39 is 43.2 Å². The Balaban J connectivity index is 0.000000246. The molecule has 2 saturated heterocycles. The van der Waals surface area contributed by atoms with Gasteiger partial charge >= 0.3 is 12.2 Å². The monoisotopic (exact) mass is 932 g/mol. The van der Waals surface area contributed by atoms with Gasteiger partial charge < -0.3 is 36.1 Å². The Bertz CT molecular complexity index is 2530. The topological polar surface area (TPSA) is 200 Å². The van der Waals surface area contributed by atoms with Crippen LogP contribution in [-0.2, 0) is 31.5 Å². The highest BCUT2D eigenvalue weighted by atomic mass is 35.5. The lowest BCUT2D eigenvalue weighted by atomic mass is 10.0. The van der Waals surface area contributed by atoms with Crippen molar-refractivity contribution in [3.8, 4) is 22.3 Å². The summed E-state index contributed by atoms with van der Waals surface area (Å²) in [5.74, 6) is 0.278. The number of ether oxygens (including phenoxy) is 2. The number of anilines is 3. The zero-order chi connectivity index (χ0) is 47.8. The molecule has 5 aromatic rings. The van der Waals surface area contributed by atoms with Crippen LogP contribution in [0.4, 0.5) is 40.1 Å². The Morgan fingerprint density at radius 3 is 1.62 bits per heavy atom. The van der Waals surface area contributed by atoms with Gasteiger partial charge in [0.1, 0.15) is 29.7 Å². The molecule has 0 saturated carbocycles. The molecule has 2 atom stereocenters. The molecule has 66 heavy (non-hydrogen) atoms. The molecule has 8 rings (SSSR count). The number of benzene rings is 4. The lowest BCUT2D eigenvalue weighted by Crippen LogP contribution is -2.33. The first-order valence-electron chi connectivity index (χ1n) is 20.8. The molecule has 15 nitrogen and oxygen atoms in total. The molecule has 4 heterocycles. The second-order valence-electron chi connectivity index (χ2n) is 14.6. The standard InChI is InChI=1S/C22H22FN5O3.C19H18ClFN2O3.C4H6N2.CH3F.CH4/c1-14(29)26-11-18-13-28(22(30)31-18)17-6-7-19(20(23)10-17)16-4-2-15(3-5-16)12-27-9-8-25-21(27)24;1-12(24)22-10-16-11-23(19(25)26-16)15-6-7-17(18(21)8-15)14-4-2-13(9-20)3-5-14;5-4-2-1-3-6-4;1-2;/h2-10,18H,11-13H2,1H3,(H2,24,25)(H,26,29);2-8,16H,9-11H2,1H3,(H,22,24);1,3H,2H2,(H2,5,6);1H3;1H4/t18-;16-;;;/m00.../s1/i;;;1D;. The van der Waals surface area contributed by atoms with E-state index in [0.717, 1.165) is 34.5 Å². The molecule has 350 valence electrons. The fourth-order valence-corrected chi connectivity index (χ4v) is 6.79. The highest BCUT2D eigenvalue weighted by molar-refractivity contribution is 6.17. The number of aliphatic imine (C=N–C) groups is 1. The van der Waals surface area contributed by atoms with Gasteiger partial charge in [-0.1, -0.05) is 62.0 Å². The number of nitrogens with zero attached hydrogens (tertiary/aromatic N) is 5.